The Hall–Kier alpha value is -1.43. The molecule has 1 aromatic carbocycles. The summed E-state index contributed by atoms with van der Waals surface area (Å²) in [6.45, 7) is 0.717. The molecule has 1 N–H and O–H groups in total. The van der Waals surface area contributed by atoms with Gasteiger partial charge >= 0.3 is 5.69 Å². The molecule has 0 fully saturated rings. The van der Waals surface area contributed by atoms with Gasteiger partial charge in [-0.1, -0.05) is 6.07 Å². The Morgan fingerprint density at radius 3 is 2.88 bits per heavy atom. The Morgan fingerprint density at radius 2 is 2.29 bits per heavy atom. The molecular weight excluding hydrogens is 240 g/mol. The third-order valence-electron chi connectivity index (χ3n) is 2.24. The van der Waals surface area contributed by atoms with Crippen LogP contribution in [0.25, 0.3) is 0 Å². The standard InChI is InChI=1S/C11H16N2O3S/c1-16-10-6-3-5-9(11(10)13(14)15)12-7-4-8-17-2/h3,5-6,12H,4,7-8H2,1-2H3. The summed E-state index contributed by atoms with van der Waals surface area (Å²) in [6, 6.07) is 5.02. The highest BCUT2D eigenvalue weighted by Gasteiger charge is 2.19. The van der Waals surface area contributed by atoms with E-state index < -0.39 is 4.92 Å². The van der Waals surface area contributed by atoms with Crippen molar-refractivity contribution in [2.24, 2.45) is 0 Å². The number of nitro benzene ring substituents is 1. The molecule has 1 aromatic rings. The van der Waals surface area contributed by atoms with Crippen LogP contribution < -0.4 is 10.1 Å². The quantitative estimate of drug-likeness (QED) is 0.461. The number of anilines is 1. The van der Waals surface area contributed by atoms with Crippen LogP contribution in [0.15, 0.2) is 18.2 Å². The van der Waals surface area contributed by atoms with E-state index >= 15 is 0 Å². The first-order valence-corrected chi connectivity index (χ1v) is 6.64. The molecule has 0 aliphatic carbocycles. The summed E-state index contributed by atoms with van der Waals surface area (Å²) >= 11 is 1.76. The molecule has 5 nitrogen and oxygen atoms in total. The lowest BCUT2D eigenvalue weighted by molar-refractivity contribution is -0.384. The molecule has 0 aliphatic rings. The number of hydrogen-bond donors (Lipinski definition) is 1. The van der Waals surface area contributed by atoms with Crippen LogP contribution in [0.1, 0.15) is 6.42 Å². The number of nitrogens with one attached hydrogen (secondary N) is 1. The SMILES string of the molecule is COc1cccc(NCCCSC)c1[N+](=O)[O-]. The number of ether oxygens (including phenoxy) is 1. The topological polar surface area (TPSA) is 64.4 Å². The Labute approximate surface area is 105 Å². The predicted octanol–water partition coefficient (Wildman–Crippen LogP) is 2.77. The summed E-state index contributed by atoms with van der Waals surface area (Å²) in [5, 5.41) is 14.0. The van der Waals surface area contributed by atoms with Crippen molar-refractivity contribution in [1.29, 1.82) is 0 Å². The monoisotopic (exact) mass is 256 g/mol. The molecule has 17 heavy (non-hydrogen) atoms. The number of methoxy groups -OCH3 is 1. The fourth-order valence-corrected chi connectivity index (χ4v) is 1.89. The zero-order chi connectivity index (χ0) is 12.7. The second kappa shape index (κ2) is 7.01. The van der Waals surface area contributed by atoms with Crippen molar-refractivity contribution in [2.45, 2.75) is 6.42 Å². The summed E-state index contributed by atoms with van der Waals surface area (Å²) in [5.74, 6) is 1.31. The maximum absolute atomic E-state index is 11.0. The molecule has 94 valence electrons. The van der Waals surface area contributed by atoms with Crippen molar-refractivity contribution in [2.75, 3.05) is 31.0 Å². The first kappa shape index (κ1) is 13.6. The van der Waals surface area contributed by atoms with Crippen LogP contribution in [0, 0.1) is 10.1 Å². The van der Waals surface area contributed by atoms with Crippen LogP contribution in [0.2, 0.25) is 0 Å². The minimum absolute atomic E-state index is 0.000786. The molecule has 0 amide bonds. The van der Waals surface area contributed by atoms with Crippen LogP contribution >= 0.6 is 11.8 Å². The average molecular weight is 256 g/mol. The van der Waals surface area contributed by atoms with Crippen LogP contribution in [-0.2, 0) is 0 Å². The molecule has 0 saturated heterocycles. The molecular formula is C11H16N2O3S. The van der Waals surface area contributed by atoms with E-state index in [9.17, 15) is 10.1 Å². The van der Waals surface area contributed by atoms with Crippen LogP contribution in [0.3, 0.4) is 0 Å². The van der Waals surface area contributed by atoms with E-state index in [1.807, 2.05) is 6.26 Å². The summed E-state index contributed by atoms with van der Waals surface area (Å²) in [4.78, 5) is 10.6. The lowest BCUT2D eigenvalue weighted by atomic mass is 10.2. The van der Waals surface area contributed by atoms with Gasteiger partial charge in [-0.05, 0) is 30.6 Å². The zero-order valence-corrected chi connectivity index (χ0v) is 10.8. The fraction of sp³-hybridized carbons (Fsp3) is 0.455. The van der Waals surface area contributed by atoms with Gasteiger partial charge < -0.3 is 10.1 Å². The number of hydrogen-bond acceptors (Lipinski definition) is 5. The molecule has 0 aromatic heterocycles. The summed E-state index contributed by atoms with van der Waals surface area (Å²) in [7, 11) is 1.43. The normalized spacial score (nSPS) is 10.0. The van der Waals surface area contributed by atoms with E-state index in [0.29, 0.717) is 5.69 Å². The van der Waals surface area contributed by atoms with Gasteiger partial charge in [0.25, 0.3) is 0 Å². The van der Waals surface area contributed by atoms with Crippen molar-refractivity contribution in [3.63, 3.8) is 0 Å². The van der Waals surface area contributed by atoms with Crippen molar-refractivity contribution in [3.05, 3.63) is 28.3 Å². The Morgan fingerprint density at radius 1 is 1.53 bits per heavy atom. The molecule has 0 aliphatic heterocycles. The van der Waals surface area contributed by atoms with Crippen molar-refractivity contribution in [1.82, 2.24) is 0 Å². The van der Waals surface area contributed by atoms with Gasteiger partial charge in [0, 0.05) is 6.54 Å². The van der Waals surface area contributed by atoms with Crippen molar-refractivity contribution >= 4 is 23.1 Å². The molecule has 0 unspecified atom stereocenters. The third kappa shape index (κ3) is 3.81. The highest BCUT2D eigenvalue weighted by Crippen LogP contribution is 2.34. The second-order valence-electron chi connectivity index (χ2n) is 3.39. The van der Waals surface area contributed by atoms with Crippen molar-refractivity contribution in [3.8, 4) is 5.75 Å². The third-order valence-corrected chi connectivity index (χ3v) is 2.94. The summed E-state index contributed by atoms with van der Waals surface area (Å²) in [5.41, 5.74) is 0.509. The minimum Gasteiger partial charge on any atom is -0.490 e. The summed E-state index contributed by atoms with van der Waals surface area (Å²) < 4.78 is 4.99. The first-order valence-electron chi connectivity index (χ1n) is 5.25. The van der Waals surface area contributed by atoms with Gasteiger partial charge in [0.1, 0.15) is 5.69 Å². The Kier molecular flexibility index (Phi) is 5.62. The first-order chi connectivity index (χ1) is 8.20. The predicted molar refractivity (Wildman–Crippen MR) is 71.1 cm³/mol. The molecule has 0 saturated carbocycles. The zero-order valence-electron chi connectivity index (χ0n) is 9.93. The van der Waals surface area contributed by atoms with Gasteiger partial charge in [-0.25, -0.2) is 0 Å². The molecule has 0 heterocycles. The van der Waals surface area contributed by atoms with Crippen LogP contribution in [0.5, 0.6) is 5.75 Å². The Bertz CT molecular complexity index is 385. The van der Waals surface area contributed by atoms with E-state index in [1.54, 1.807) is 30.0 Å². The van der Waals surface area contributed by atoms with Crippen LogP contribution in [0.4, 0.5) is 11.4 Å². The highest BCUT2D eigenvalue weighted by atomic mass is 32.2. The van der Waals surface area contributed by atoms with Gasteiger partial charge in [-0.3, -0.25) is 10.1 Å². The molecule has 0 radical (unpaired) electrons. The van der Waals surface area contributed by atoms with E-state index in [2.05, 4.69) is 5.32 Å². The van der Waals surface area contributed by atoms with Gasteiger partial charge in [-0.2, -0.15) is 11.8 Å². The average Bonchev–Trinajstić information content (AvgIpc) is 2.33. The van der Waals surface area contributed by atoms with E-state index in [-0.39, 0.29) is 11.4 Å². The number of nitrogens with zero attached hydrogens (tertiary/aromatic N) is 1. The molecule has 1 rings (SSSR count). The van der Waals surface area contributed by atoms with Crippen LogP contribution in [-0.4, -0.2) is 30.6 Å². The van der Waals surface area contributed by atoms with Gasteiger partial charge in [0.2, 0.25) is 0 Å². The highest BCUT2D eigenvalue weighted by molar-refractivity contribution is 7.98. The minimum atomic E-state index is -0.421. The number of thioether (sulfide) groups is 1. The van der Waals surface area contributed by atoms with E-state index in [0.717, 1.165) is 18.7 Å². The van der Waals surface area contributed by atoms with Crippen molar-refractivity contribution < 1.29 is 9.66 Å². The fourth-order valence-electron chi connectivity index (χ4n) is 1.46. The lowest BCUT2D eigenvalue weighted by Crippen LogP contribution is -2.06. The second-order valence-corrected chi connectivity index (χ2v) is 4.37. The number of benzene rings is 1. The van der Waals surface area contributed by atoms with E-state index in [4.69, 9.17) is 4.74 Å². The molecule has 0 spiro atoms. The smallest absolute Gasteiger partial charge is 0.333 e. The number of nitro groups is 1. The molecule has 0 atom stereocenters. The molecule has 6 heteroatoms. The maximum atomic E-state index is 11.0. The van der Waals surface area contributed by atoms with Gasteiger partial charge in [-0.15, -0.1) is 0 Å². The summed E-state index contributed by atoms with van der Waals surface area (Å²) in [6.07, 6.45) is 3.00. The Balaban J connectivity index is 2.79. The molecule has 0 bridgehead atoms. The number of rotatable bonds is 7. The largest absolute Gasteiger partial charge is 0.490 e. The van der Waals surface area contributed by atoms with Gasteiger partial charge in [0.15, 0.2) is 5.75 Å². The maximum Gasteiger partial charge on any atom is 0.333 e. The number of para-hydroxylation sites is 1. The van der Waals surface area contributed by atoms with E-state index in [1.165, 1.54) is 7.11 Å². The van der Waals surface area contributed by atoms with Gasteiger partial charge in [0.05, 0.1) is 12.0 Å². The lowest BCUT2D eigenvalue weighted by Gasteiger charge is -2.08.